The number of carbonyl (C=O) groups excluding carboxylic acids is 2. The summed E-state index contributed by atoms with van der Waals surface area (Å²) in [4.78, 5) is 27.4. The first-order chi connectivity index (χ1) is 15.4. The highest BCUT2D eigenvalue weighted by Gasteiger charge is 2.32. The van der Waals surface area contributed by atoms with E-state index < -0.39 is 34.5 Å². The highest BCUT2D eigenvalue weighted by Crippen LogP contribution is 2.20. The van der Waals surface area contributed by atoms with E-state index in [9.17, 15) is 22.4 Å². The van der Waals surface area contributed by atoms with Crippen molar-refractivity contribution >= 4 is 27.7 Å². The van der Waals surface area contributed by atoms with Gasteiger partial charge < -0.3 is 10.2 Å². The molecule has 0 bridgehead atoms. The first kappa shape index (κ1) is 26.3. The van der Waals surface area contributed by atoms with Crippen molar-refractivity contribution in [1.29, 1.82) is 0 Å². The number of nitrogens with zero attached hydrogens (tertiary/aromatic N) is 3. The van der Waals surface area contributed by atoms with Crippen LogP contribution in [0, 0.1) is 5.82 Å². The number of anilines is 1. The maximum atomic E-state index is 13.4. The summed E-state index contributed by atoms with van der Waals surface area (Å²) in [5.74, 6) is -1.36. The Bertz CT molecular complexity index is 1040. The second-order valence-corrected chi connectivity index (χ2v) is 10.2. The first-order valence-corrected chi connectivity index (χ1v) is 11.9. The van der Waals surface area contributed by atoms with Crippen LogP contribution in [0.4, 0.5) is 10.1 Å². The molecular formula is C23H31FN4O4S. The Morgan fingerprint density at radius 1 is 0.970 bits per heavy atom. The Morgan fingerprint density at radius 3 is 2.06 bits per heavy atom. The van der Waals surface area contributed by atoms with E-state index in [-0.39, 0.29) is 18.5 Å². The number of hydrogen-bond donors (Lipinski definition) is 1. The Hall–Kier alpha value is -2.98. The molecule has 1 N–H and O–H groups in total. The minimum absolute atomic E-state index is 0.0104. The maximum Gasteiger partial charge on any atom is 0.304 e. The van der Waals surface area contributed by atoms with Crippen LogP contribution in [0.25, 0.3) is 0 Å². The smallest absolute Gasteiger partial charge is 0.304 e. The molecule has 0 aliphatic heterocycles. The number of nitrogens with one attached hydrogen (secondary N) is 1. The number of benzene rings is 2. The molecular weight excluding hydrogens is 447 g/mol. The molecule has 0 saturated carbocycles. The number of rotatable bonds is 10. The summed E-state index contributed by atoms with van der Waals surface area (Å²) in [5.41, 5.74) is 0.927. The Balaban J connectivity index is 2.41. The lowest BCUT2D eigenvalue weighted by Crippen LogP contribution is -2.53. The zero-order valence-electron chi connectivity index (χ0n) is 19.5. The molecule has 0 saturated heterocycles. The average molecular weight is 479 g/mol. The van der Waals surface area contributed by atoms with Crippen molar-refractivity contribution < 1.29 is 22.4 Å². The van der Waals surface area contributed by atoms with Gasteiger partial charge in [-0.05, 0) is 50.6 Å². The van der Waals surface area contributed by atoms with E-state index in [1.165, 1.54) is 43.3 Å². The van der Waals surface area contributed by atoms with Crippen LogP contribution in [0.15, 0.2) is 54.6 Å². The second kappa shape index (κ2) is 11.2. The van der Waals surface area contributed by atoms with Gasteiger partial charge in [0.2, 0.25) is 11.8 Å². The number of halogens is 1. The molecule has 8 nitrogen and oxygen atoms in total. The predicted molar refractivity (Wildman–Crippen MR) is 126 cm³/mol. The molecule has 0 spiro atoms. The number of amides is 2. The molecule has 180 valence electrons. The van der Waals surface area contributed by atoms with E-state index in [0.717, 1.165) is 8.61 Å². The van der Waals surface area contributed by atoms with Crippen LogP contribution >= 0.6 is 0 Å². The fraction of sp³-hybridized carbons (Fsp3) is 0.391. The topological polar surface area (TPSA) is 90.0 Å². The van der Waals surface area contributed by atoms with Gasteiger partial charge in [0, 0.05) is 26.7 Å². The first-order valence-electron chi connectivity index (χ1n) is 10.5. The largest absolute Gasteiger partial charge is 0.352 e. The third kappa shape index (κ3) is 7.00. The molecule has 2 aromatic rings. The average Bonchev–Trinajstić information content (AvgIpc) is 2.76. The SMILES string of the molecule is CC(C)NC(=O)C(C)N(Cc1ccc(F)cc1)C(=O)CN(c1ccccc1)S(=O)(=O)N(C)C. The van der Waals surface area contributed by atoms with Gasteiger partial charge in [-0.2, -0.15) is 12.7 Å². The van der Waals surface area contributed by atoms with E-state index >= 15 is 0 Å². The molecule has 2 rings (SSSR count). The Morgan fingerprint density at radius 2 is 1.55 bits per heavy atom. The summed E-state index contributed by atoms with van der Waals surface area (Å²) in [6.45, 7) is 4.68. The Labute approximate surface area is 195 Å². The minimum atomic E-state index is -4.00. The van der Waals surface area contributed by atoms with Crippen molar-refractivity contribution in [3.8, 4) is 0 Å². The van der Waals surface area contributed by atoms with Crippen molar-refractivity contribution in [3.05, 3.63) is 66.0 Å². The minimum Gasteiger partial charge on any atom is -0.352 e. The van der Waals surface area contributed by atoms with Gasteiger partial charge in [-0.3, -0.25) is 9.59 Å². The van der Waals surface area contributed by atoms with Gasteiger partial charge in [-0.1, -0.05) is 30.3 Å². The van der Waals surface area contributed by atoms with Crippen molar-refractivity contribution in [3.63, 3.8) is 0 Å². The van der Waals surface area contributed by atoms with E-state index in [1.54, 1.807) is 51.1 Å². The van der Waals surface area contributed by atoms with Gasteiger partial charge >= 0.3 is 10.2 Å². The van der Waals surface area contributed by atoms with Crippen LogP contribution in [0.2, 0.25) is 0 Å². The molecule has 10 heteroatoms. The van der Waals surface area contributed by atoms with Crippen molar-refractivity contribution in [2.24, 2.45) is 0 Å². The molecule has 0 fully saturated rings. The van der Waals surface area contributed by atoms with Gasteiger partial charge in [0.25, 0.3) is 0 Å². The lowest BCUT2D eigenvalue weighted by atomic mass is 10.1. The normalized spacial score (nSPS) is 12.5. The highest BCUT2D eigenvalue weighted by molar-refractivity contribution is 7.90. The van der Waals surface area contributed by atoms with Crippen molar-refractivity contribution in [1.82, 2.24) is 14.5 Å². The van der Waals surface area contributed by atoms with Gasteiger partial charge in [-0.25, -0.2) is 8.70 Å². The lowest BCUT2D eigenvalue weighted by Gasteiger charge is -2.33. The molecule has 0 aromatic heterocycles. The molecule has 2 aromatic carbocycles. The number of carbonyl (C=O) groups is 2. The molecule has 0 heterocycles. The van der Waals surface area contributed by atoms with Crippen LogP contribution in [0.1, 0.15) is 26.3 Å². The molecule has 33 heavy (non-hydrogen) atoms. The maximum absolute atomic E-state index is 13.4. The molecule has 0 aliphatic rings. The summed E-state index contributed by atoms with van der Waals surface area (Å²) < 4.78 is 41.4. The number of para-hydroxylation sites is 1. The predicted octanol–water partition coefficient (Wildman–Crippen LogP) is 2.38. The van der Waals surface area contributed by atoms with Crippen LogP contribution in [-0.2, 0) is 26.3 Å². The summed E-state index contributed by atoms with van der Waals surface area (Å²) in [7, 11) is -1.24. The quantitative estimate of drug-likeness (QED) is 0.568. The number of hydrogen-bond acceptors (Lipinski definition) is 4. The lowest BCUT2D eigenvalue weighted by molar-refractivity contribution is -0.139. The third-order valence-electron chi connectivity index (χ3n) is 4.93. The standard InChI is InChI=1S/C23H31FN4O4S/c1-17(2)25-23(30)18(3)27(15-19-11-13-20(24)14-12-19)22(29)16-28(33(31,32)26(4)5)21-9-7-6-8-10-21/h6-14,17-18H,15-16H2,1-5H3,(H,25,30). The summed E-state index contributed by atoms with van der Waals surface area (Å²) in [6, 6.07) is 12.8. The summed E-state index contributed by atoms with van der Waals surface area (Å²) in [5, 5.41) is 2.77. The zero-order chi connectivity index (χ0) is 24.8. The summed E-state index contributed by atoms with van der Waals surface area (Å²) in [6.07, 6.45) is 0. The van der Waals surface area contributed by atoms with E-state index in [4.69, 9.17) is 0 Å². The molecule has 0 aliphatic carbocycles. The molecule has 2 amide bonds. The van der Waals surface area contributed by atoms with E-state index in [1.807, 2.05) is 0 Å². The fourth-order valence-electron chi connectivity index (χ4n) is 3.09. The van der Waals surface area contributed by atoms with Gasteiger partial charge in [0.15, 0.2) is 0 Å². The van der Waals surface area contributed by atoms with Crippen LogP contribution < -0.4 is 9.62 Å². The highest BCUT2D eigenvalue weighted by atomic mass is 32.2. The second-order valence-electron chi connectivity index (χ2n) is 8.12. The summed E-state index contributed by atoms with van der Waals surface area (Å²) >= 11 is 0. The van der Waals surface area contributed by atoms with Gasteiger partial charge in [-0.15, -0.1) is 0 Å². The zero-order valence-corrected chi connectivity index (χ0v) is 20.3. The van der Waals surface area contributed by atoms with Gasteiger partial charge in [0.05, 0.1) is 5.69 Å². The van der Waals surface area contributed by atoms with Crippen molar-refractivity contribution in [2.45, 2.75) is 39.4 Å². The monoisotopic (exact) mass is 478 g/mol. The van der Waals surface area contributed by atoms with E-state index in [2.05, 4.69) is 5.32 Å². The molecule has 1 atom stereocenters. The molecule has 1 unspecified atom stereocenters. The van der Waals surface area contributed by atoms with E-state index in [0.29, 0.717) is 11.3 Å². The van der Waals surface area contributed by atoms with Gasteiger partial charge in [0.1, 0.15) is 18.4 Å². The fourth-order valence-corrected chi connectivity index (χ4v) is 4.14. The van der Waals surface area contributed by atoms with Crippen LogP contribution in [-0.4, -0.2) is 62.2 Å². The molecule has 0 radical (unpaired) electrons. The third-order valence-corrected chi connectivity index (χ3v) is 6.75. The van der Waals surface area contributed by atoms with Crippen LogP contribution in [0.5, 0.6) is 0 Å². The van der Waals surface area contributed by atoms with Crippen LogP contribution in [0.3, 0.4) is 0 Å². The Kier molecular flexibility index (Phi) is 8.95. The van der Waals surface area contributed by atoms with Crippen molar-refractivity contribution in [2.75, 3.05) is 24.9 Å².